The molecule has 0 spiro atoms. The normalized spacial score (nSPS) is 33.3. The van der Waals surface area contributed by atoms with Crippen molar-refractivity contribution in [3.05, 3.63) is 0 Å². The molecule has 1 aliphatic heterocycles. The molecule has 2 atom stereocenters. The van der Waals surface area contributed by atoms with Crippen LogP contribution in [0.5, 0.6) is 0 Å². The van der Waals surface area contributed by atoms with Crippen molar-refractivity contribution >= 4 is 0 Å². The molecule has 118 valence electrons. The molecule has 2 fully saturated rings. The average Bonchev–Trinajstić information content (AvgIpc) is 2.44. The Labute approximate surface area is 125 Å². The van der Waals surface area contributed by atoms with Crippen LogP contribution in [0.25, 0.3) is 0 Å². The molecular weight excluding hydrogens is 248 g/mol. The zero-order valence-corrected chi connectivity index (χ0v) is 13.4. The molecule has 3 heteroatoms. The third kappa shape index (κ3) is 5.34. The van der Waals surface area contributed by atoms with Crippen LogP contribution < -0.4 is 0 Å². The molecule has 0 radical (unpaired) electrons. The minimum Gasteiger partial charge on any atom is -0.391 e. The van der Waals surface area contributed by atoms with E-state index in [9.17, 15) is 5.11 Å². The molecular formula is C17H34N2O. The first-order chi connectivity index (χ1) is 9.77. The summed E-state index contributed by atoms with van der Waals surface area (Å²) < 4.78 is 0. The van der Waals surface area contributed by atoms with Gasteiger partial charge in [-0.25, -0.2) is 0 Å². The Morgan fingerprint density at radius 3 is 1.80 bits per heavy atom. The zero-order chi connectivity index (χ0) is 14.2. The van der Waals surface area contributed by atoms with Gasteiger partial charge < -0.3 is 10.0 Å². The van der Waals surface area contributed by atoms with E-state index in [1.165, 1.54) is 57.8 Å². The van der Waals surface area contributed by atoms with E-state index in [4.69, 9.17) is 0 Å². The molecule has 2 aliphatic rings. The van der Waals surface area contributed by atoms with Gasteiger partial charge in [0.1, 0.15) is 0 Å². The highest BCUT2D eigenvalue weighted by Gasteiger charge is 2.27. The Morgan fingerprint density at radius 2 is 1.20 bits per heavy atom. The van der Waals surface area contributed by atoms with Crippen molar-refractivity contribution in [1.29, 1.82) is 0 Å². The van der Waals surface area contributed by atoms with Crippen molar-refractivity contribution in [2.45, 2.75) is 76.4 Å². The second kappa shape index (κ2) is 9.01. The molecule has 1 saturated heterocycles. The maximum atomic E-state index is 10.6. The molecule has 2 unspecified atom stereocenters. The van der Waals surface area contributed by atoms with Gasteiger partial charge in [0.15, 0.2) is 0 Å². The van der Waals surface area contributed by atoms with Crippen LogP contribution in [0.4, 0.5) is 0 Å². The molecule has 20 heavy (non-hydrogen) atoms. The van der Waals surface area contributed by atoms with E-state index in [1.54, 1.807) is 0 Å². The van der Waals surface area contributed by atoms with E-state index in [0.29, 0.717) is 6.04 Å². The predicted octanol–water partition coefficient (Wildman–Crippen LogP) is 2.88. The van der Waals surface area contributed by atoms with Gasteiger partial charge in [-0.2, -0.15) is 0 Å². The summed E-state index contributed by atoms with van der Waals surface area (Å²) in [5.74, 6) is 0. The summed E-state index contributed by atoms with van der Waals surface area (Å²) in [5.41, 5.74) is 0. The van der Waals surface area contributed by atoms with Crippen LogP contribution in [0.2, 0.25) is 0 Å². The lowest BCUT2D eigenvalue weighted by Crippen LogP contribution is -2.52. The Bertz CT molecular complexity index is 251. The van der Waals surface area contributed by atoms with Crippen LogP contribution in [0.3, 0.4) is 0 Å². The summed E-state index contributed by atoms with van der Waals surface area (Å²) in [5, 5.41) is 10.6. The number of rotatable bonds is 1. The lowest BCUT2D eigenvalue weighted by atomic mass is 9.94. The van der Waals surface area contributed by atoms with Gasteiger partial charge >= 0.3 is 0 Å². The van der Waals surface area contributed by atoms with Crippen LogP contribution in [0.15, 0.2) is 0 Å². The third-order valence-corrected chi connectivity index (χ3v) is 5.20. The van der Waals surface area contributed by atoms with Crippen molar-refractivity contribution in [2.75, 3.05) is 33.2 Å². The largest absolute Gasteiger partial charge is 0.391 e. The highest BCUT2D eigenvalue weighted by atomic mass is 16.3. The van der Waals surface area contributed by atoms with Crippen LogP contribution in [-0.4, -0.2) is 60.3 Å². The average molecular weight is 282 g/mol. The quantitative estimate of drug-likeness (QED) is 0.801. The molecule has 2 rings (SSSR count). The molecule has 0 aromatic rings. The first kappa shape index (κ1) is 16.3. The molecule has 0 aromatic carbocycles. The fourth-order valence-electron chi connectivity index (χ4n) is 3.73. The summed E-state index contributed by atoms with van der Waals surface area (Å²) >= 11 is 0. The Morgan fingerprint density at radius 1 is 0.700 bits per heavy atom. The van der Waals surface area contributed by atoms with Gasteiger partial charge in [0.2, 0.25) is 0 Å². The number of hydrogen-bond acceptors (Lipinski definition) is 3. The highest BCUT2D eigenvalue weighted by Crippen LogP contribution is 2.21. The van der Waals surface area contributed by atoms with Crippen LogP contribution in [0.1, 0.15) is 64.2 Å². The van der Waals surface area contributed by atoms with E-state index in [1.807, 2.05) is 0 Å². The zero-order valence-electron chi connectivity index (χ0n) is 13.4. The second-order valence-electron chi connectivity index (χ2n) is 6.88. The molecule has 1 heterocycles. The van der Waals surface area contributed by atoms with Crippen molar-refractivity contribution in [3.63, 3.8) is 0 Å². The van der Waals surface area contributed by atoms with Crippen molar-refractivity contribution in [2.24, 2.45) is 0 Å². The number of likely N-dealkylation sites (N-methyl/N-ethyl adjacent to an activating group) is 1. The summed E-state index contributed by atoms with van der Waals surface area (Å²) in [7, 11) is 2.20. The summed E-state index contributed by atoms with van der Waals surface area (Å²) in [6, 6.07) is 0.420. The van der Waals surface area contributed by atoms with Crippen LogP contribution in [-0.2, 0) is 0 Å². The summed E-state index contributed by atoms with van der Waals surface area (Å²) in [6.45, 7) is 4.59. The molecule has 1 aliphatic carbocycles. The number of aliphatic hydroxyl groups is 1. The van der Waals surface area contributed by atoms with E-state index < -0.39 is 0 Å². The Balaban J connectivity index is 1.87. The van der Waals surface area contributed by atoms with Gasteiger partial charge in [0, 0.05) is 32.2 Å². The van der Waals surface area contributed by atoms with Crippen LogP contribution >= 0.6 is 0 Å². The fraction of sp³-hybridized carbons (Fsp3) is 1.00. The number of aliphatic hydroxyl groups excluding tert-OH is 1. The van der Waals surface area contributed by atoms with Gasteiger partial charge in [0.05, 0.1) is 6.10 Å². The lowest BCUT2D eigenvalue weighted by Gasteiger charge is -2.40. The maximum Gasteiger partial charge on any atom is 0.0695 e. The number of hydrogen-bond donors (Lipinski definition) is 1. The maximum absolute atomic E-state index is 10.6. The van der Waals surface area contributed by atoms with Gasteiger partial charge in [0.25, 0.3) is 0 Å². The Hall–Kier alpha value is -0.120. The first-order valence-corrected chi connectivity index (χ1v) is 8.88. The lowest BCUT2D eigenvalue weighted by molar-refractivity contribution is 0.0129. The van der Waals surface area contributed by atoms with E-state index in [2.05, 4.69) is 16.8 Å². The number of piperazine rings is 1. The topological polar surface area (TPSA) is 26.7 Å². The number of nitrogens with zero attached hydrogens (tertiary/aromatic N) is 2. The molecule has 0 amide bonds. The van der Waals surface area contributed by atoms with Gasteiger partial charge in [-0.3, -0.25) is 4.90 Å². The molecule has 1 saturated carbocycles. The SMILES string of the molecule is CN1CCN(C2CCCCCCCCCCC2O)CC1. The molecule has 1 N–H and O–H groups in total. The second-order valence-corrected chi connectivity index (χ2v) is 6.88. The van der Waals surface area contributed by atoms with E-state index >= 15 is 0 Å². The summed E-state index contributed by atoms with van der Waals surface area (Å²) in [4.78, 5) is 4.97. The fourth-order valence-corrected chi connectivity index (χ4v) is 3.73. The molecule has 0 bridgehead atoms. The van der Waals surface area contributed by atoms with Crippen molar-refractivity contribution < 1.29 is 5.11 Å². The minimum atomic E-state index is -0.0992. The van der Waals surface area contributed by atoms with Gasteiger partial charge in [-0.05, 0) is 19.9 Å². The van der Waals surface area contributed by atoms with Crippen molar-refractivity contribution in [3.8, 4) is 0 Å². The summed E-state index contributed by atoms with van der Waals surface area (Å²) in [6.07, 6.45) is 12.9. The van der Waals surface area contributed by atoms with Crippen molar-refractivity contribution in [1.82, 2.24) is 9.80 Å². The van der Waals surface area contributed by atoms with Gasteiger partial charge in [-0.15, -0.1) is 0 Å². The predicted molar refractivity (Wildman–Crippen MR) is 85.0 cm³/mol. The monoisotopic (exact) mass is 282 g/mol. The van der Waals surface area contributed by atoms with Gasteiger partial charge in [-0.1, -0.05) is 51.4 Å². The smallest absolute Gasteiger partial charge is 0.0695 e. The van der Waals surface area contributed by atoms with E-state index in [0.717, 1.165) is 32.6 Å². The van der Waals surface area contributed by atoms with Crippen LogP contribution in [0, 0.1) is 0 Å². The van der Waals surface area contributed by atoms with E-state index in [-0.39, 0.29) is 6.10 Å². The molecule has 0 aromatic heterocycles. The first-order valence-electron chi connectivity index (χ1n) is 8.88. The molecule has 3 nitrogen and oxygen atoms in total. The Kier molecular flexibility index (Phi) is 7.32. The third-order valence-electron chi connectivity index (χ3n) is 5.20. The standard InChI is InChI=1S/C17H34N2O/c1-18-12-14-19(15-13-18)16-10-8-6-4-2-3-5-7-9-11-17(16)20/h16-17,20H,2-15H2,1H3. The highest BCUT2D eigenvalue weighted by molar-refractivity contribution is 4.83. The minimum absolute atomic E-state index is 0.0992.